The summed E-state index contributed by atoms with van der Waals surface area (Å²) in [6.07, 6.45) is 0.604. The fourth-order valence-electron chi connectivity index (χ4n) is 8.39. The Morgan fingerprint density at radius 1 is 0.400 bits per heavy atom. The summed E-state index contributed by atoms with van der Waals surface area (Å²) in [6, 6.07) is 16.1. The average Bonchev–Trinajstić information content (AvgIpc) is 3.21. The highest BCUT2D eigenvalue weighted by Gasteiger charge is 2.30. The maximum Gasteiger partial charge on any atom is 0.341 e. The normalized spacial score (nSPS) is 12.9. The molecule has 0 fully saturated rings. The Morgan fingerprint density at radius 3 is 0.814 bits per heavy atom. The third-order valence-corrected chi connectivity index (χ3v) is 12.1. The van der Waals surface area contributed by atoms with Gasteiger partial charge in [-0.2, -0.15) is 0 Å². The van der Waals surface area contributed by atoms with Gasteiger partial charge in [0.2, 0.25) is 5.91 Å². The number of nitrogens with one attached hydrogen (secondary N) is 2. The van der Waals surface area contributed by atoms with Crippen LogP contribution in [0.5, 0.6) is 23.0 Å². The van der Waals surface area contributed by atoms with Gasteiger partial charge in [-0.05, 0) is 88.4 Å². The van der Waals surface area contributed by atoms with Crippen molar-refractivity contribution in [1.29, 1.82) is 0 Å². The third-order valence-electron chi connectivity index (χ3n) is 12.1. The van der Waals surface area contributed by atoms with Crippen molar-refractivity contribution in [1.82, 2.24) is 10.6 Å². The van der Waals surface area contributed by atoms with E-state index in [1.165, 1.54) is 6.92 Å². The minimum atomic E-state index is -1.18. The molecule has 4 aromatic rings. The number of fused-ring (bicyclic) bond motifs is 8. The lowest BCUT2D eigenvalue weighted by Gasteiger charge is -2.29. The summed E-state index contributed by atoms with van der Waals surface area (Å²) in [5.74, 6) is -2.78. The predicted octanol–water partition coefficient (Wildman–Crippen LogP) is 8.57. The monoisotopic (exact) mass is 965 g/mol. The second kappa shape index (κ2) is 21.6. The van der Waals surface area contributed by atoms with Gasteiger partial charge in [0.1, 0.15) is 23.0 Å². The van der Waals surface area contributed by atoms with Gasteiger partial charge in [0, 0.05) is 45.7 Å². The van der Waals surface area contributed by atoms with E-state index in [9.17, 15) is 39.3 Å². The first-order valence-corrected chi connectivity index (χ1v) is 23.7. The van der Waals surface area contributed by atoms with Crippen molar-refractivity contribution in [2.45, 2.75) is 137 Å². The Labute approximate surface area is 412 Å². The van der Waals surface area contributed by atoms with E-state index in [2.05, 4.69) is 93.7 Å². The molecule has 378 valence electrons. The molecule has 0 aliphatic heterocycles. The van der Waals surface area contributed by atoms with E-state index in [0.717, 1.165) is 22.3 Å². The fraction of sp³-hybridized carbons (Fsp3) is 0.482. The van der Waals surface area contributed by atoms with Crippen LogP contribution < -0.4 is 29.6 Å². The van der Waals surface area contributed by atoms with Crippen molar-refractivity contribution in [2.24, 2.45) is 0 Å². The second-order valence-electron chi connectivity index (χ2n) is 22.4. The molecule has 0 saturated carbocycles. The van der Waals surface area contributed by atoms with Gasteiger partial charge in [-0.15, -0.1) is 0 Å². The molecule has 8 bridgehead atoms. The zero-order valence-corrected chi connectivity index (χ0v) is 43.2. The number of hydrogen-bond donors (Lipinski definition) is 5. The smallest absolute Gasteiger partial charge is 0.341 e. The van der Waals surface area contributed by atoms with Gasteiger partial charge in [0.15, 0.2) is 26.4 Å². The molecule has 0 spiro atoms. The minimum absolute atomic E-state index is 0.142. The Kier molecular flexibility index (Phi) is 16.8. The summed E-state index contributed by atoms with van der Waals surface area (Å²) < 4.78 is 25.6. The van der Waals surface area contributed by atoms with Gasteiger partial charge in [-0.25, -0.2) is 14.4 Å². The van der Waals surface area contributed by atoms with Gasteiger partial charge < -0.3 is 44.9 Å². The molecule has 0 unspecified atom stereocenters. The van der Waals surface area contributed by atoms with E-state index < -0.39 is 65.3 Å². The highest BCUT2D eigenvalue weighted by Crippen LogP contribution is 2.44. The van der Waals surface area contributed by atoms with Crippen molar-refractivity contribution in [3.63, 3.8) is 0 Å². The summed E-state index contributed by atoms with van der Waals surface area (Å²) in [4.78, 5) is 62.0. The van der Waals surface area contributed by atoms with Gasteiger partial charge in [0.25, 0.3) is 5.91 Å². The van der Waals surface area contributed by atoms with Gasteiger partial charge in [0.05, 0.1) is 0 Å². The summed E-state index contributed by atoms with van der Waals surface area (Å²) in [5, 5.41) is 35.7. The second-order valence-corrected chi connectivity index (χ2v) is 22.4. The largest absolute Gasteiger partial charge is 0.483 e. The molecule has 0 saturated heterocycles. The predicted molar refractivity (Wildman–Crippen MR) is 268 cm³/mol. The molecule has 0 atom stereocenters. The van der Waals surface area contributed by atoms with E-state index in [1.807, 2.05) is 48.5 Å². The molecule has 0 aromatic heterocycles. The molecule has 4 aromatic carbocycles. The summed E-state index contributed by atoms with van der Waals surface area (Å²) in [5.41, 5.74) is 7.30. The van der Waals surface area contributed by atoms with Crippen LogP contribution in [0.1, 0.15) is 157 Å². The first-order valence-electron chi connectivity index (χ1n) is 23.7. The Morgan fingerprint density at radius 2 is 0.614 bits per heavy atom. The summed E-state index contributed by atoms with van der Waals surface area (Å²) >= 11 is 0. The van der Waals surface area contributed by atoms with Crippen LogP contribution in [0.2, 0.25) is 0 Å². The van der Waals surface area contributed by atoms with Gasteiger partial charge in [-0.3, -0.25) is 9.59 Å². The zero-order valence-electron chi connectivity index (χ0n) is 43.2. The minimum Gasteiger partial charge on any atom is -0.483 e. The highest BCUT2D eigenvalue weighted by atomic mass is 16.5. The van der Waals surface area contributed by atoms with E-state index in [0.29, 0.717) is 67.5 Å². The lowest BCUT2D eigenvalue weighted by molar-refractivity contribution is -0.140. The van der Waals surface area contributed by atoms with Crippen molar-refractivity contribution in [2.75, 3.05) is 39.5 Å². The third kappa shape index (κ3) is 14.5. The van der Waals surface area contributed by atoms with Gasteiger partial charge >= 0.3 is 17.9 Å². The Bertz CT molecular complexity index is 2500. The molecule has 1 aliphatic rings. The quantitative estimate of drug-likeness (QED) is 0.0626. The molecule has 2 amide bonds. The molecule has 14 nitrogen and oxygen atoms in total. The number of aliphatic carboxylic acids is 3. The number of carboxylic acid groups (broad SMARTS) is 3. The van der Waals surface area contributed by atoms with E-state index in [1.54, 1.807) is 0 Å². The SMILES string of the molecule is CC(=O)NCCNC(=O)COc1c2cc(C(C)(C)C)cc1Cc1cc(C(C)(C)C)cc(c1OCC(=O)O)Cc1cc(C(C)(C)C)cc(c1OCC(=O)O)Cc1cc(C(C)(C)C)cc(c1OCC(=O)O)C2. The maximum atomic E-state index is 13.5. The standard InChI is InChI=1S/C56H72N2O12/c1-32(59)57-14-15-58-45(60)28-67-49-33-16-35-22-42(54(5,6)7)24-37(50(35)68-29-46(61)62)18-39-26-44(56(11,12)13)27-40(52(39)70-31-48(65)66)19-38-25-43(55(8,9)10)23-36(51(38)69-30-47(63)64)17-34(49)21-41(20-33)53(2,3)4/h20-27H,14-19,28-31H2,1-13H3,(H,57,59)(H,58,60)(H,61,62)(H,63,64)(H,65,66). The zero-order chi connectivity index (χ0) is 52.1. The molecular formula is C56H72N2O12. The van der Waals surface area contributed by atoms with Crippen LogP contribution in [0.3, 0.4) is 0 Å². The first-order chi connectivity index (χ1) is 32.4. The molecule has 14 heteroatoms. The van der Waals surface area contributed by atoms with Crippen LogP contribution in [-0.4, -0.2) is 84.6 Å². The van der Waals surface area contributed by atoms with Crippen LogP contribution in [0.25, 0.3) is 0 Å². The van der Waals surface area contributed by atoms with Gasteiger partial charge in [-0.1, -0.05) is 132 Å². The molecule has 0 radical (unpaired) electrons. The lowest BCUT2D eigenvalue weighted by atomic mass is 9.79. The van der Waals surface area contributed by atoms with Crippen molar-refractivity contribution >= 4 is 29.7 Å². The van der Waals surface area contributed by atoms with Crippen LogP contribution in [0.4, 0.5) is 0 Å². The van der Waals surface area contributed by atoms with E-state index in [-0.39, 0.29) is 51.3 Å². The number of rotatable bonds is 15. The molecule has 0 heterocycles. The summed E-state index contributed by atoms with van der Waals surface area (Å²) in [7, 11) is 0. The number of benzene rings is 4. The lowest BCUT2D eigenvalue weighted by Crippen LogP contribution is -2.36. The summed E-state index contributed by atoms with van der Waals surface area (Å²) in [6.45, 7) is 24.5. The number of carbonyl (C=O) groups excluding carboxylic acids is 2. The molecule has 5 N–H and O–H groups in total. The van der Waals surface area contributed by atoms with Crippen molar-refractivity contribution in [3.05, 3.63) is 115 Å². The van der Waals surface area contributed by atoms with Crippen molar-refractivity contribution < 1.29 is 58.2 Å². The first kappa shape index (κ1) is 54.4. The topological polar surface area (TPSA) is 207 Å². The van der Waals surface area contributed by atoms with Crippen molar-refractivity contribution in [3.8, 4) is 23.0 Å². The van der Waals surface area contributed by atoms with Crippen LogP contribution in [0, 0.1) is 0 Å². The van der Waals surface area contributed by atoms with E-state index in [4.69, 9.17) is 18.9 Å². The number of amides is 2. The van der Waals surface area contributed by atoms with Crippen LogP contribution in [0.15, 0.2) is 48.5 Å². The van der Waals surface area contributed by atoms with E-state index >= 15 is 0 Å². The molecule has 70 heavy (non-hydrogen) atoms. The Balaban J connectivity index is 1.99. The van der Waals surface area contributed by atoms with Crippen LogP contribution >= 0.6 is 0 Å². The average molecular weight is 965 g/mol. The molecule has 5 rings (SSSR count). The number of carboxylic acids is 3. The molecular weight excluding hydrogens is 893 g/mol. The van der Waals surface area contributed by atoms with Crippen LogP contribution in [-0.2, 0) is 71.3 Å². The fourth-order valence-corrected chi connectivity index (χ4v) is 8.39. The maximum absolute atomic E-state index is 13.5. The number of carbonyl (C=O) groups is 5. The highest BCUT2D eigenvalue weighted by molar-refractivity contribution is 5.78. The number of ether oxygens (including phenoxy) is 4. The molecule has 1 aliphatic carbocycles. The Hall–Kier alpha value is -6.57. The number of hydrogen-bond acceptors (Lipinski definition) is 9.